The van der Waals surface area contributed by atoms with Crippen LogP contribution in [-0.4, -0.2) is 58.8 Å². The van der Waals surface area contributed by atoms with Gasteiger partial charge in [0.1, 0.15) is 0 Å². The molecule has 3 aromatic rings. The molecule has 0 N–H and O–H groups in total. The Balaban J connectivity index is 1.38. The zero-order valence-electron chi connectivity index (χ0n) is 17.5. The van der Waals surface area contributed by atoms with Crippen molar-refractivity contribution >= 4 is 5.91 Å². The quantitative estimate of drug-likeness (QED) is 0.571. The molecule has 162 valence electrons. The molecule has 0 aliphatic carbocycles. The lowest BCUT2D eigenvalue weighted by Crippen LogP contribution is -2.44. The van der Waals surface area contributed by atoms with E-state index in [1.807, 2.05) is 38.1 Å². The van der Waals surface area contributed by atoms with Crippen LogP contribution in [0.5, 0.6) is 11.5 Å². The van der Waals surface area contributed by atoms with Crippen molar-refractivity contribution in [3.05, 3.63) is 54.2 Å². The molecule has 0 spiro atoms. The van der Waals surface area contributed by atoms with Crippen molar-refractivity contribution in [2.24, 2.45) is 0 Å². The lowest BCUT2D eigenvalue weighted by Gasteiger charge is -2.31. The van der Waals surface area contributed by atoms with Gasteiger partial charge in [-0.05, 0) is 43.7 Å². The number of benzene rings is 1. The minimum Gasteiger partial charge on any atom is -0.490 e. The van der Waals surface area contributed by atoms with Gasteiger partial charge in [0, 0.05) is 24.5 Å². The van der Waals surface area contributed by atoms with Crippen LogP contribution in [0.15, 0.2) is 47.2 Å². The fourth-order valence-electron chi connectivity index (χ4n) is 3.24. The molecule has 1 aliphatic heterocycles. The normalized spacial score (nSPS) is 16.2. The maximum Gasteiger partial charge on any atom is 0.260 e. The summed E-state index contributed by atoms with van der Waals surface area (Å²) in [4.78, 5) is 22.9. The molecule has 0 bridgehead atoms. The minimum absolute atomic E-state index is 0.0966. The Labute approximate surface area is 179 Å². The third-order valence-corrected chi connectivity index (χ3v) is 4.81. The molecule has 1 fully saturated rings. The van der Waals surface area contributed by atoms with E-state index in [9.17, 15) is 4.79 Å². The van der Waals surface area contributed by atoms with E-state index >= 15 is 0 Å². The van der Waals surface area contributed by atoms with Crippen molar-refractivity contribution in [1.82, 2.24) is 20.0 Å². The van der Waals surface area contributed by atoms with Crippen LogP contribution < -0.4 is 9.47 Å². The Bertz CT molecular complexity index is 1020. The van der Waals surface area contributed by atoms with Gasteiger partial charge >= 0.3 is 0 Å². The monoisotopic (exact) mass is 424 g/mol. The Morgan fingerprint density at radius 1 is 1.26 bits per heavy atom. The van der Waals surface area contributed by atoms with E-state index < -0.39 is 6.10 Å². The lowest BCUT2D eigenvalue weighted by molar-refractivity contribution is -0.142. The smallest absolute Gasteiger partial charge is 0.260 e. The van der Waals surface area contributed by atoms with Crippen molar-refractivity contribution in [2.75, 3.05) is 32.9 Å². The van der Waals surface area contributed by atoms with Crippen LogP contribution in [-0.2, 0) is 9.53 Å². The third kappa shape index (κ3) is 5.00. The van der Waals surface area contributed by atoms with Gasteiger partial charge in [-0.25, -0.2) is 0 Å². The number of nitrogens with zero attached hydrogens (tertiary/aromatic N) is 4. The lowest BCUT2D eigenvalue weighted by atomic mass is 10.2. The maximum absolute atomic E-state index is 12.7. The molecule has 1 saturated heterocycles. The van der Waals surface area contributed by atoms with E-state index in [1.165, 1.54) is 0 Å². The summed E-state index contributed by atoms with van der Waals surface area (Å²) in [6.45, 7) is 5.45. The number of rotatable bonds is 7. The number of amides is 1. The molecular weight excluding hydrogens is 400 g/mol. The molecule has 4 rings (SSSR count). The molecule has 1 unspecified atom stereocenters. The van der Waals surface area contributed by atoms with Gasteiger partial charge in [0.2, 0.25) is 5.82 Å². The summed E-state index contributed by atoms with van der Waals surface area (Å²) in [5.74, 6) is 1.78. The van der Waals surface area contributed by atoms with Crippen LogP contribution >= 0.6 is 0 Å². The maximum atomic E-state index is 12.7. The van der Waals surface area contributed by atoms with E-state index in [1.54, 1.807) is 23.4 Å². The van der Waals surface area contributed by atoms with E-state index in [2.05, 4.69) is 15.1 Å². The van der Waals surface area contributed by atoms with Crippen LogP contribution in [0.4, 0.5) is 0 Å². The second kappa shape index (κ2) is 9.57. The summed E-state index contributed by atoms with van der Waals surface area (Å²) < 4.78 is 22.5. The highest BCUT2D eigenvalue weighted by Gasteiger charge is 2.30. The SMILES string of the molecule is CCOc1cc(C)ccc1OCC(=O)N1CCOC(c2nc(-c3cccnc3)no2)C1. The molecule has 2 aromatic heterocycles. The fraction of sp³-hybridized carbons (Fsp3) is 0.364. The van der Waals surface area contributed by atoms with Crippen molar-refractivity contribution in [1.29, 1.82) is 0 Å². The number of carbonyl (C=O) groups is 1. The summed E-state index contributed by atoms with van der Waals surface area (Å²) in [6.07, 6.45) is 2.84. The number of hydrogen-bond donors (Lipinski definition) is 0. The summed E-state index contributed by atoms with van der Waals surface area (Å²) in [5.41, 5.74) is 1.81. The molecule has 31 heavy (non-hydrogen) atoms. The van der Waals surface area contributed by atoms with Crippen LogP contribution in [0.25, 0.3) is 11.4 Å². The van der Waals surface area contributed by atoms with Crippen molar-refractivity contribution < 1.29 is 23.5 Å². The molecular formula is C22H24N4O5. The highest BCUT2D eigenvalue weighted by molar-refractivity contribution is 5.78. The van der Waals surface area contributed by atoms with Gasteiger partial charge in [-0.1, -0.05) is 11.2 Å². The molecule has 3 heterocycles. The number of aromatic nitrogens is 3. The minimum atomic E-state index is -0.492. The van der Waals surface area contributed by atoms with E-state index in [0.717, 1.165) is 11.1 Å². The highest BCUT2D eigenvalue weighted by Crippen LogP contribution is 2.29. The summed E-state index contributed by atoms with van der Waals surface area (Å²) in [7, 11) is 0. The first kappa shape index (κ1) is 20.8. The van der Waals surface area contributed by atoms with Crippen molar-refractivity contribution in [2.45, 2.75) is 20.0 Å². The van der Waals surface area contributed by atoms with Gasteiger partial charge in [0.05, 0.1) is 19.8 Å². The van der Waals surface area contributed by atoms with Crippen molar-refractivity contribution in [3.63, 3.8) is 0 Å². The van der Waals surface area contributed by atoms with E-state index in [0.29, 0.717) is 49.5 Å². The third-order valence-electron chi connectivity index (χ3n) is 4.81. The molecule has 9 nitrogen and oxygen atoms in total. The number of aryl methyl sites for hydroxylation is 1. The average molecular weight is 424 g/mol. The zero-order valence-corrected chi connectivity index (χ0v) is 17.5. The Morgan fingerprint density at radius 3 is 2.97 bits per heavy atom. The van der Waals surface area contributed by atoms with Crippen LogP contribution in [0.2, 0.25) is 0 Å². The van der Waals surface area contributed by atoms with Crippen LogP contribution in [0, 0.1) is 6.92 Å². The molecule has 1 atom stereocenters. The first-order chi connectivity index (χ1) is 15.1. The van der Waals surface area contributed by atoms with Gasteiger partial charge in [-0.15, -0.1) is 0 Å². The summed E-state index contributed by atoms with van der Waals surface area (Å²) in [6, 6.07) is 9.27. The van der Waals surface area contributed by atoms with Gasteiger partial charge in [0.15, 0.2) is 24.2 Å². The molecule has 0 radical (unpaired) electrons. The first-order valence-corrected chi connectivity index (χ1v) is 10.1. The zero-order chi connectivity index (χ0) is 21.6. The number of hydrogen-bond acceptors (Lipinski definition) is 8. The summed E-state index contributed by atoms with van der Waals surface area (Å²) in [5, 5.41) is 3.99. The van der Waals surface area contributed by atoms with Crippen molar-refractivity contribution in [3.8, 4) is 22.9 Å². The topological polar surface area (TPSA) is 99.8 Å². The second-order valence-electron chi connectivity index (χ2n) is 7.07. The fourth-order valence-corrected chi connectivity index (χ4v) is 3.24. The molecule has 9 heteroatoms. The first-order valence-electron chi connectivity index (χ1n) is 10.1. The molecule has 1 amide bonds. The number of ether oxygens (including phenoxy) is 3. The number of morpholine rings is 1. The standard InChI is InChI=1S/C22H24N4O5/c1-3-28-18-11-15(2)6-7-17(18)30-14-20(27)26-9-10-29-19(13-26)22-24-21(25-31-22)16-5-4-8-23-12-16/h4-8,11-12,19H,3,9-10,13-14H2,1-2H3. The number of carbonyl (C=O) groups excluding carboxylic acids is 1. The Hall–Kier alpha value is -3.46. The van der Waals surface area contributed by atoms with E-state index in [-0.39, 0.29) is 12.5 Å². The average Bonchev–Trinajstić information content (AvgIpc) is 3.30. The van der Waals surface area contributed by atoms with Gasteiger partial charge in [0.25, 0.3) is 11.8 Å². The van der Waals surface area contributed by atoms with Gasteiger partial charge < -0.3 is 23.6 Å². The Morgan fingerprint density at radius 2 is 2.16 bits per heavy atom. The molecule has 1 aliphatic rings. The Kier molecular flexibility index (Phi) is 6.42. The van der Waals surface area contributed by atoms with Gasteiger partial charge in [-0.2, -0.15) is 4.98 Å². The predicted octanol–water partition coefficient (Wildman–Crippen LogP) is 2.82. The second-order valence-corrected chi connectivity index (χ2v) is 7.07. The van der Waals surface area contributed by atoms with Crippen LogP contribution in [0.3, 0.4) is 0 Å². The highest BCUT2D eigenvalue weighted by atomic mass is 16.5. The largest absolute Gasteiger partial charge is 0.490 e. The van der Waals surface area contributed by atoms with E-state index in [4.69, 9.17) is 18.7 Å². The predicted molar refractivity (Wildman–Crippen MR) is 111 cm³/mol. The number of pyridine rings is 1. The van der Waals surface area contributed by atoms with Crippen LogP contribution in [0.1, 0.15) is 24.5 Å². The molecule has 0 saturated carbocycles. The van der Waals surface area contributed by atoms with Gasteiger partial charge in [-0.3, -0.25) is 9.78 Å². The summed E-state index contributed by atoms with van der Waals surface area (Å²) >= 11 is 0. The molecule has 1 aromatic carbocycles.